The van der Waals surface area contributed by atoms with Gasteiger partial charge in [0.1, 0.15) is 0 Å². The van der Waals surface area contributed by atoms with E-state index in [1.165, 1.54) is 11.3 Å². The van der Waals surface area contributed by atoms with Crippen LogP contribution < -0.4 is 0 Å². The molecule has 0 spiro atoms. The van der Waals surface area contributed by atoms with E-state index in [1.54, 1.807) is 11.7 Å². The molecule has 0 atom stereocenters. The van der Waals surface area contributed by atoms with E-state index in [1.807, 2.05) is 13.8 Å². The summed E-state index contributed by atoms with van der Waals surface area (Å²) in [4.78, 5) is 19.7. The number of aromatic nitrogens is 3. The monoisotopic (exact) mass is 267 g/mol. The van der Waals surface area contributed by atoms with Crippen LogP contribution in [0.5, 0.6) is 0 Å². The second-order valence-corrected chi connectivity index (χ2v) is 5.68. The number of hydrogen-bond acceptors (Lipinski definition) is 6. The van der Waals surface area contributed by atoms with Crippen molar-refractivity contribution in [3.8, 4) is 10.7 Å². The fraction of sp³-hybridized carbons (Fsp3) is 0.455. The summed E-state index contributed by atoms with van der Waals surface area (Å²) in [6, 6.07) is 0. The number of nitrogens with zero attached hydrogens (tertiary/aromatic N) is 3. The van der Waals surface area contributed by atoms with Gasteiger partial charge in [-0.1, -0.05) is 19.0 Å². The average Bonchev–Trinajstić information content (AvgIpc) is 2.82. The van der Waals surface area contributed by atoms with Gasteiger partial charge in [-0.3, -0.25) is 9.78 Å². The number of carboxylic acid groups (broad SMARTS) is 1. The van der Waals surface area contributed by atoms with E-state index < -0.39 is 11.4 Å². The molecule has 2 aromatic heterocycles. The predicted octanol–water partition coefficient (Wildman–Crippen LogP) is 2.24. The molecule has 0 aliphatic carbocycles. The lowest BCUT2D eigenvalue weighted by Crippen LogP contribution is -2.19. The van der Waals surface area contributed by atoms with Gasteiger partial charge >= 0.3 is 5.97 Å². The minimum atomic E-state index is -0.831. The van der Waals surface area contributed by atoms with Crippen LogP contribution in [0.25, 0.3) is 10.7 Å². The zero-order valence-electron chi connectivity index (χ0n) is 10.1. The summed E-state index contributed by atoms with van der Waals surface area (Å²) in [5, 5.41) is 12.7. The summed E-state index contributed by atoms with van der Waals surface area (Å²) in [6.45, 7) is 3.72. The molecule has 18 heavy (non-hydrogen) atoms. The van der Waals surface area contributed by atoms with E-state index >= 15 is 0 Å². The molecule has 0 radical (unpaired) electrons. The minimum absolute atomic E-state index is 0.0608. The molecule has 2 aromatic rings. The van der Waals surface area contributed by atoms with Gasteiger partial charge in [-0.25, -0.2) is 0 Å². The number of hydrogen-bond donors (Lipinski definition) is 1. The largest absolute Gasteiger partial charge is 0.481 e. The lowest BCUT2D eigenvalue weighted by molar-refractivity contribution is -0.139. The molecule has 0 aliphatic heterocycles. The quantitative estimate of drug-likeness (QED) is 0.893. The molecule has 0 bridgehead atoms. The van der Waals surface area contributed by atoms with Gasteiger partial charge in [0.05, 0.1) is 16.8 Å². The fourth-order valence-corrected chi connectivity index (χ4v) is 2.18. The van der Waals surface area contributed by atoms with Gasteiger partial charge in [0.2, 0.25) is 11.7 Å². The van der Waals surface area contributed by atoms with Crippen molar-refractivity contribution in [2.75, 3.05) is 0 Å². The van der Waals surface area contributed by atoms with Crippen molar-refractivity contribution in [3.05, 3.63) is 17.6 Å². The van der Waals surface area contributed by atoms with Crippen LogP contribution in [0.1, 0.15) is 26.2 Å². The Morgan fingerprint density at radius 2 is 2.33 bits per heavy atom. The zero-order valence-corrected chi connectivity index (χ0v) is 10.9. The van der Waals surface area contributed by atoms with Crippen molar-refractivity contribution in [2.45, 2.75) is 26.7 Å². The molecule has 2 heterocycles. The molecule has 0 aliphatic rings. The highest BCUT2D eigenvalue weighted by Crippen LogP contribution is 2.27. The Morgan fingerprint density at radius 1 is 1.56 bits per heavy atom. The second kappa shape index (κ2) is 4.85. The topological polar surface area (TPSA) is 89.1 Å². The van der Waals surface area contributed by atoms with E-state index in [9.17, 15) is 4.79 Å². The molecule has 0 fully saturated rings. The minimum Gasteiger partial charge on any atom is -0.481 e. The lowest BCUT2D eigenvalue weighted by atomic mass is 9.86. The molecule has 0 aromatic carbocycles. The van der Waals surface area contributed by atoms with E-state index in [0.29, 0.717) is 18.1 Å². The normalized spacial score (nSPS) is 11.7. The molecule has 2 rings (SSSR count). The third-order valence-corrected chi connectivity index (χ3v) is 3.15. The van der Waals surface area contributed by atoms with Crippen molar-refractivity contribution >= 4 is 17.3 Å². The fourth-order valence-electron chi connectivity index (χ4n) is 1.63. The third-order valence-electron chi connectivity index (χ3n) is 2.38. The van der Waals surface area contributed by atoms with Gasteiger partial charge in [-0.05, 0) is 5.41 Å². The van der Waals surface area contributed by atoms with Crippen LogP contribution in [-0.2, 0) is 11.2 Å². The molecule has 6 nitrogen and oxygen atoms in total. The van der Waals surface area contributed by atoms with E-state index in [2.05, 4.69) is 15.1 Å². The van der Waals surface area contributed by atoms with Gasteiger partial charge in [0.15, 0.2) is 0 Å². The molecule has 1 N–H and O–H groups in total. The third kappa shape index (κ3) is 3.13. The van der Waals surface area contributed by atoms with Crippen molar-refractivity contribution in [3.63, 3.8) is 0 Å². The summed E-state index contributed by atoms with van der Waals surface area (Å²) >= 11 is 1.43. The Morgan fingerprint density at radius 3 is 2.94 bits per heavy atom. The first-order valence-corrected chi connectivity index (χ1v) is 6.27. The van der Waals surface area contributed by atoms with Crippen molar-refractivity contribution in [1.82, 2.24) is 15.1 Å². The van der Waals surface area contributed by atoms with Gasteiger partial charge in [-0.15, -0.1) is 11.3 Å². The number of carboxylic acids is 1. The predicted molar refractivity (Wildman–Crippen MR) is 65.1 cm³/mol. The molecular formula is C11H13N3O3S. The Kier molecular flexibility index (Phi) is 3.42. The molecule has 96 valence electrons. The van der Waals surface area contributed by atoms with Crippen LogP contribution in [-0.4, -0.2) is 26.2 Å². The zero-order chi connectivity index (χ0) is 13.2. The number of aliphatic carboxylic acids is 1. The van der Waals surface area contributed by atoms with Gasteiger partial charge in [-0.2, -0.15) is 4.98 Å². The standard InChI is InChI=1S/C11H13N3O3S/c1-11(2,4-9(15)16)3-8-13-10(14-17-8)7-5-12-6-18-7/h5-6H,3-4H2,1-2H3,(H,15,16). The Balaban J connectivity index is 2.09. The summed E-state index contributed by atoms with van der Waals surface area (Å²) in [5.41, 5.74) is 1.28. The highest BCUT2D eigenvalue weighted by atomic mass is 32.1. The van der Waals surface area contributed by atoms with Crippen LogP contribution in [0, 0.1) is 5.41 Å². The van der Waals surface area contributed by atoms with Gasteiger partial charge in [0.25, 0.3) is 0 Å². The number of carbonyl (C=O) groups is 1. The smallest absolute Gasteiger partial charge is 0.303 e. The SMILES string of the molecule is CC(C)(CC(=O)O)Cc1nc(-c2cncs2)no1. The Labute approximate surface area is 108 Å². The van der Waals surface area contributed by atoms with Crippen LogP contribution in [0.2, 0.25) is 0 Å². The lowest BCUT2D eigenvalue weighted by Gasteiger charge is -2.19. The molecular weight excluding hydrogens is 254 g/mol. The maximum Gasteiger partial charge on any atom is 0.303 e. The highest BCUT2D eigenvalue weighted by molar-refractivity contribution is 7.13. The molecule has 0 unspecified atom stereocenters. The van der Waals surface area contributed by atoms with E-state index in [-0.39, 0.29) is 6.42 Å². The number of rotatable bonds is 5. The van der Waals surface area contributed by atoms with Crippen molar-refractivity contribution in [1.29, 1.82) is 0 Å². The van der Waals surface area contributed by atoms with Crippen LogP contribution in [0.15, 0.2) is 16.2 Å². The van der Waals surface area contributed by atoms with Gasteiger partial charge in [0, 0.05) is 12.6 Å². The average molecular weight is 267 g/mol. The van der Waals surface area contributed by atoms with Crippen LogP contribution in [0.4, 0.5) is 0 Å². The van der Waals surface area contributed by atoms with Crippen molar-refractivity contribution in [2.24, 2.45) is 5.41 Å². The van der Waals surface area contributed by atoms with Crippen molar-refractivity contribution < 1.29 is 14.4 Å². The Hall–Kier alpha value is -1.76. The molecule has 0 amide bonds. The van der Waals surface area contributed by atoms with E-state index in [4.69, 9.17) is 9.63 Å². The molecule has 0 saturated heterocycles. The maximum absolute atomic E-state index is 10.7. The molecule has 0 saturated carbocycles. The first-order chi connectivity index (χ1) is 8.46. The first-order valence-electron chi connectivity index (χ1n) is 5.39. The summed E-state index contributed by atoms with van der Waals surface area (Å²) in [6.07, 6.45) is 2.16. The number of thiazole rings is 1. The Bertz CT molecular complexity index is 533. The van der Waals surface area contributed by atoms with Crippen LogP contribution in [0.3, 0.4) is 0 Å². The summed E-state index contributed by atoms with van der Waals surface area (Å²) < 4.78 is 5.13. The highest BCUT2D eigenvalue weighted by Gasteiger charge is 2.25. The summed E-state index contributed by atoms with van der Waals surface area (Å²) in [5.74, 6) is 0.116. The maximum atomic E-state index is 10.7. The van der Waals surface area contributed by atoms with Crippen LogP contribution >= 0.6 is 11.3 Å². The second-order valence-electron chi connectivity index (χ2n) is 4.79. The first kappa shape index (κ1) is 12.7. The van der Waals surface area contributed by atoms with Gasteiger partial charge < -0.3 is 9.63 Å². The summed E-state index contributed by atoms with van der Waals surface area (Å²) in [7, 11) is 0. The van der Waals surface area contributed by atoms with E-state index in [0.717, 1.165) is 4.88 Å². The molecule has 7 heteroatoms.